The van der Waals surface area contributed by atoms with Gasteiger partial charge in [-0.1, -0.05) is 41.4 Å². The largest absolute Gasteiger partial charge is 0.491 e. The van der Waals surface area contributed by atoms with Crippen LogP contribution in [0.25, 0.3) is 20.7 Å². The SMILES string of the molecule is Cc1c(-c2cc(N3C(=O)C4CC5C(=CCC6C(=O)N(c7ccc(I)cc7)C(=O)C65)C(c5ccccc5OCCO)C4(C)C3=O)n(C)n2)sc2ccc(Cl)cc12. The molecular weight excluding hydrogens is 851 g/mol. The van der Waals surface area contributed by atoms with Crippen molar-refractivity contribution < 1.29 is 29.0 Å². The van der Waals surface area contributed by atoms with Crippen LogP contribution in [-0.2, 0) is 26.2 Å². The molecule has 0 spiro atoms. The van der Waals surface area contributed by atoms with Gasteiger partial charge in [-0.2, -0.15) is 5.10 Å². The molecule has 0 bridgehead atoms. The zero-order valence-electron chi connectivity index (χ0n) is 30.2. The normalized spacial score (nSPS) is 26.1. The summed E-state index contributed by atoms with van der Waals surface area (Å²) in [4.78, 5) is 62.2. The first-order valence-corrected chi connectivity index (χ1v) is 20.5. The number of hydrogen-bond acceptors (Lipinski definition) is 8. The molecule has 55 heavy (non-hydrogen) atoms. The number of hydrogen-bond donors (Lipinski definition) is 1. The molecule has 9 rings (SSSR count). The maximum atomic E-state index is 15.2. The Hall–Kier alpha value is -4.37. The lowest BCUT2D eigenvalue weighted by atomic mass is 9.51. The Labute approximate surface area is 339 Å². The number of anilines is 2. The molecule has 13 heteroatoms. The van der Waals surface area contributed by atoms with Crippen LogP contribution in [-0.4, -0.2) is 51.7 Å². The maximum absolute atomic E-state index is 15.2. The Morgan fingerprint density at radius 2 is 1.75 bits per heavy atom. The molecular formula is C42H36ClIN4O6S. The molecule has 4 heterocycles. The summed E-state index contributed by atoms with van der Waals surface area (Å²) in [5.74, 6) is -3.68. The quantitative estimate of drug-likeness (QED) is 0.101. The number of carbonyl (C=O) groups excluding carboxylic acids is 4. The fourth-order valence-corrected chi connectivity index (χ4v) is 11.3. The van der Waals surface area contributed by atoms with E-state index in [1.807, 2.05) is 68.5 Å². The summed E-state index contributed by atoms with van der Waals surface area (Å²) in [5.41, 5.74) is 2.44. The molecule has 2 aliphatic heterocycles. The number of carbonyl (C=O) groups is 4. The van der Waals surface area contributed by atoms with Crippen LogP contribution in [0.5, 0.6) is 5.75 Å². The number of amides is 4. The molecule has 2 aromatic heterocycles. The number of aliphatic hydroxyl groups excluding tert-OH is 1. The van der Waals surface area contributed by atoms with Crippen molar-refractivity contribution in [2.75, 3.05) is 23.0 Å². The first-order chi connectivity index (χ1) is 26.4. The van der Waals surface area contributed by atoms with Gasteiger partial charge in [0, 0.05) is 37.9 Å². The Morgan fingerprint density at radius 3 is 2.51 bits per heavy atom. The number of benzene rings is 3. The van der Waals surface area contributed by atoms with Crippen molar-refractivity contribution >= 4 is 90.7 Å². The Balaban J connectivity index is 1.16. The van der Waals surface area contributed by atoms with E-state index in [0.29, 0.717) is 40.0 Å². The molecule has 1 saturated carbocycles. The third-order valence-corrected chi connectivity index (χ3v) is 14.4. The molecule has 2 saturated heterocycles. The van der Waals surface area contributed by atoms with Crippen LogP contribution < -0.4 is 14.5 Å². The first kappa shape index (κ1) is 36.3. The van der Waals surface area contributed by atoms with Crippen molar-refractivity contribution in [2.45, 2.75) is 32.6 Å². The maximum Gasteiger partial charge on any atom is 0.242 e. The van der Waals surface area contributed by atoms with E-state index in [0.717, 1.165) is 29.7 Å². The second-order valence-corrected chi connectivity index (χ2v) is 17.7. The van der Waals surface area contributed by atoms with E-state index in [-0.39, 0.29) is 43.3 Å². The van der Waals surface area contributed by atoms with Crippen LogP contribution in [0.1, 0.15) is 36.8 Å². The van der Waals surface area contributed by atoms with Crippen LogP contribution in [0.3, 0.4) is 0 Å². The summed E-state index contributed by atoms with van der Waals surface area (Å²) in [6.07, 6.45) is 2.58. The minimum absolute atomic E-state index is 0.0369. The van der Waals surface area contributed by atoms with E-state index in [4.69, 9.17) is 21.4 Å². The number of para-hydroxylation sites is 1. The zero-order valence-corrected chi connectivity index (χ0v) is 33.9. The van der Waals surface area contributed by atoms with E-state index in [2.05, 4.69) is 22.6 Å². The van der Waals surface area contributed by atoms with Crippen LogP contribution in [0.4, 0.5) is 11.5 Å². The summed E-state index contributed by atoms with van der Waals surface area (Å²) < 4.78 is 9.69. The number of imide groups is 2. The number of ether oxygens (including phenoxy) is 1. The molecule has 280 valence electrons. The van der Waals surface area contributed by atoms with Gasteiger partial charge in [-0.3, -0.25) is 28.8 Å². The standard InChI is InChI=1S/C42H36ClIN4O6S/c1-21-28-18-22(43)8-15-33(28)55-37(21)31-20-34(46(3)45-31)48-39(51)30-19-29-25(36(42(30,2)41(48)53)26-6-4-5-7-32(26)54-17-16-49)13-14-27-35(29)40(52)47(38(27)50)24-11-9-23(44)10-12-24/h4-13,15,18,20,27,29-30,35-36,49H,14,16-17,19H2,1-3H3. The van der Waals surface area contributed by atoms with Crippen LogP contribution in [0.2, 0.25) is 5.02 Å². The van der Waals surface area contributed by atoms with Gasteiger partial charge in [-0.25, -0.2) is 4.90 Å². The highest BCUT2D eigenvalue weighted by atomic mass is 127. The fraction of sp³-hybridized carbons (Fsp3) is 0.310. The van der Waals surface area contributed by atoms with Gasteiger partial charge < -0.3 is 9.84 Å². The molecule has 4 aliphatic rings. The Bertz CT molecular complexity index is 2490. The minimum atomic E-state index is -1.28. The second-order valence-electron chi connectivity index (χ2n) is 15.0. The molecule has 3 fully saturated rings. The lowest BCUT2D eigenvalue weighted by Gasteiger charge is -2.49. The molecule has 6 atom stereocenters. The molecule has 10 nitrogen and oxygen atoms in total. The Kier molecular flexibility index (Phi) is 8.83. The van der Waals surface area contributed by atoms with Crippen molar-refractivity contribution in [2.24, 2.45) is 36.1 Å². The van der Waals surface area contributed by atoms with Gasteiger partial charge in [0.1, 0.15) is 23.9 Å². The molecule has 0 radical (unpaired) electrons. The predicted octanol–water partition coefficient (Wildman–Crippen LogP) is 7.67. The number of fused-ring (bicyclic) bond motifs is 5. The van der Waals surface area contributed by atoms with Crippen molar-refractivity contribution in [3.63, 3.8) is 0 Å². The van der Waals surface area contributed by atoms with Gasteiger partial charge in [-0.05, 0) is 115 Å². The van der Waals surface area contributed by atoms with E-state index < -0.39 is 35.0 Å². The number of nitrogens with zero attached hydrogens (tertiary/aromatic N) is 4. The lowest BCUT2D eigenvalue weighted by molar-refractivity contribution is -0.131. The van der Waals surface area contributed by atoms with Gasteiger partial charge >= 0.3 is 0 Å². The predicted molar refractivity (Wildman–Crippen MR) is 219 cm³/mol. The van der Waals surface area contributed by atoms with Crippen LogP contribution in [0.15, 0.2) is 84.4 Å². The summed E-state index contributed by atoms with van der Waals surface area (Å²) in [7, 11) is 1.73. The van der Waals surface area contributed by atoms with Gasteiger partial charge in [0.05, 0.1) is 40.3 Å². The number of aromatic nitrogens is 2. The third-order valence-electron chi connectivity index (χ3n) is 12.2. The second kappa shape index (κ2) is 13.4. The zero-order chi connectivity index (χ0) is 38.5. The first-order valence-electron chi connectivity index (χ1n) is 18.2. The smallest absolute Gasteiger partial charge is 0.242 e. The Morgan fingerprint density at radius 1 is 0.982 bits per heavy atom. The van der Waals surface area contributed by atoms with Crippen molar-refractivity contribution in [3.05, 3.63) is 104 Å². The van der Waals surface area contributed by atoms with E-state index in [9.17, 15) is 19.5 Å². The number of aliphatic hydroxyl groups is 1. The highest BCUT2D eigenvalue weighted by Crippen LogP contribution is 2.64. The van der Waals surface area contributed by atoms with Gasteiger partial charge in [0.2, 0.25) is 23.6 Å². The molecule has 1 N–H and O–H groups in total. The van der Waals surface area contributed by atoms with Crippen LogP contribution >= 0.6 is 45.5 Å². The lowest BCUT2D eigenvalue weighted by Crippen LogP contribution is -2.49. The van der Waals surface area contributed by atoms with Crippen LogP contribution in [0, 0.1) is 39.6 Å². The van der Waals surface area contributed by atoms with Gasteiger partial charge in [0.15, 0.2) is 0 Å². The monoisotopic (exact) mass is 886 g/mol. The fourth-order valence-electron chi connectivity index (χ4n) is 9.64. The number of thiophene rings is 1. The van der Waals surface area contributed by atoms with Crippen molar-refractivity contribution in [1.82, 2.24) is 9.78 Å². The van der Waals surface area contributed by atoms with E-state index in [1.54, 1.807) is 47.3 Å². The topological polar surface area (TPSA) is 122 Å². The summed E-state index contributed by atoms with van der Waals surface area (Å²) in [5, 5.41) is 16.2. The van der Waals surface area contributed by atoms with Crippen molar-refractivity contribution in [3.8, 4) is 16.3 Å². The number of rotatable bonds is 7. The number of allylic oxidation sites excluding steroid dienone is 2. The highest BCUT2D eigenvalue weighted by molar-refractivity contribution is 14.1. The van der Waals surface area contributed by atoms with Crippen molar-refractivity contribution in [1.29, 1.82) is 0 Å². The summed E-state index contributed by atoms with van der Waals surface area (Å²) in [6.45, 7) is 3.69. The molecule has 6 unspecified atom stereocenters. The molecule has 3 aromatic carbocycles. The highest BCUT2D eigenvalue weighted by Gasteiger charge is 2.68. The van der Waals surface area contributed by atoms with E-state index in [1.165, 1.54) is 9.80 Å². The third kappa shape index (κ3) is 5.38. The molecule has 4 amide bonds. The number of aryl methyl sites for hydroxylation is 2. The minimum Gasteiger partial charge on any atom is -0.491 e. The molecule has 5 aromatic rings. The summed E-state index contributed by atoms with van der Waals surface area (Å²) >= 11 is 10.1. The van der Waals surface area contributed by atoms with Gasteiger partial charge in [-0.15, -0.1) is 11.3 Å². The average Bonchev–Trinajstić information content (AvgIpc) is 3.84. The average molecular weight is 887 g/mol. The number of halogens is 2. The van der Waals surface area contributed by atoms with E-state index >= 15 is 4.79 Å². The molecule has 2 aliphatic carbocycles. The summed E-state index contributed by atoms with van der Waals surface area (Å²) in [6, 6.07) is 22.2. The van der Waals surface area contributed by atoms with Gasteiger partial charge in [0.25, 0.3) is 0 Å².